The Labute approximate surface area is 296 Å². The number of hydrogen-bond acceptors (Lipinski definition) is 9. The van der Waals surface area contributed by atoms with E-state index in [9.17, 15) is 29.3 Å². The number of ether oxygens (including phenoxy) is 2. The molecule has 0 heterocycles. The smallest absolute Gasteiger partial charge is 0.457 e. The first-order valence-corrected chi connectivity index (χ1v) is 20.1. The van der Waals surface area contributed by atoms with Crippen molar-refractivity contribution < 1.29 is 47.8 Å². The zero-order chi connectivity index (χ0) is 36.3. The molecule has 0 aliphatic heterocycles. The van der Waals surface area contributed by atoms with Gasteiger partial charge in [0.1, 0.15) is 12.2 Å². The van der Waals surface area contributed by atoms with Crippen molar-refractivity contribution in [1.82, 2.24) is 0 Å². The van der Waals surface area contributed by atoms with Gasteiger partial charge in [0.05, 0.1) is 26.4 Å². The molecule has 0 aromatic rings. The van der Waals surface area contributed by atoms with Crippen LogP contribution in [0.1, 0.15) is 142 Å². The monoisotopic (exact) mass is 714 g/mol. The van der Waals surface area contributed by atoms with Crippen molar-refractivity contribution in [1.29, 1.82) is 0 Å². The zero-order valence-corrected chi connectivity index (χ0v) is 31.3. The lowest BCUT2D eigenvalue weighted by Crippen LogP contribution is -2.28. The molecule has 0 saturated carbocycles. The summed E-state index contributed by atoms with van der Waals surface area (Å²) < 4.78 is 32.4. The SMILES string of the molecule is CC/C=C\C/C=C\C/C=C\CCCCCC(=O)OC(CO)COP(=O)(O)OCC(CO)OC(=O)CCCCCCC/C=C\CCCCCC. The van der Waals surface area contributed by atoms with E-state index in [1.54, 1.807) is 0 Å². The summed E-state index contributed by atoms with van der Waals surface area (Å²) in [6.45, 7) is 2.00. The molecule has 49 heavy (non-hydrogen) atoms. The number of phosphoric acid groups is 1. The van der Waals surface area contributed by atoms with E-state index >= 15 is 0 Å². The standard InChI is InChI=1S/C38H67O10P/c1-3-5-7-9-11-13-15-17-19-21-23-25-27-29-37(41)47-35(31-39)33-45-49(43,44)46-34-36(32-40)48-38(42)30-28-26-24-22-20-18-16-14-12-10-8-6-4-2/h5,7,11,13-14,16-17,19,35-36,39-40H,3-4,6,8-10,12,15,18,20-34H2,1-2H3,(H,43,44)/b7-5-,13-11-,16-14-,19-17-. The highest BCUT2D eigenvalue weighted by molar-refractivity contribution is 7.47. The summed E-state index contributed by atoms with van der Waals surface area (Å²) in [5.41, 5.74) is 0. The number of phosphoric ester groups is 1. The molecule has 0 rings (SSSR count). The van der Waals surface area contributed by atoms with Crippen LogP contribution < -0.4 is 0 Å². The van der Waals surface area contributed by atoms with Crippen molar-refractivity contribution in [3.63, 3.8) is 0 Å². The van der Waals surface area contributed by atoms with E-state index in [2.05, 4.69) is 62.5 Å². The summed E-state index contributed by atoms with van der Waals surface area (Å²) in [4.78, 5) is 34.3. The van der Waals surface area contributed by atoms with Crippen molar-refractivity contribution in [2.45, 2.75) is 154 Å². The van der Waals surface area contributed by atoms with Crippen LogP contribution in [0.15, 0.2) is 48.6 Å². The van der Waals surface area contributed by atoms with E-state index in [0.717, 1.165) is 77.0 Å². The molecule has 284 valence electrons. The fraction of sp³-hybridized carbons (Fsp3) is 0.737. The molecular weight excluding hydrogens is 647 g/mol. The van der Waals surface area contributed by atoms with Crippen LogP contribution in [0.4, 0.5) is 0 Å². The largest absolute Gasteiger partial charge is 0.472 e. The highest BCUT2D eigenvalue weighted by atomic mass is 31.2. The minimum Gasteiger partial charge on any atom is -0.457 e. The van der Waals surface area contributed by atoms with Crippen molar-refractivity contribution in [2.24, 2.45) is 0 Å². The van der Waals surface area contributed by atoms with Gasteiger partial charge in [0.15, 0.2) is 0 Å². The van der Waals surface area contributed by atoms with Crippen LogP contribution >= 0.6 is 7.82 Å². The third-order valence-corrected chi connectivity index (χ3v) is 8.48. The first kappa shape index (κ1) is 46.9. The second kappa shape index (κ2) is 34.4. The van der Waals surface area contributed by atoms with E-state index in [0.29, 0.717) is 12.8 Å². The maximum atomic E-state index is 12.3. The first-order valence-electron chi connectivity index (χ1n) is 18.6. The number of hydrogen-bond donors (Lipinski definition) is 3. The van der Waals surface area contributed by atoms with Crippen LogP contribution in [0.3, 0.4) is 0 Å². The van der Waals surface area contributed by atoms with Crippen LogP contribution in [-0.4, -0.2) is 65.7 Å². The van der Waals surface area contributed by atoms with Gasteiger partial charge in [-0.2, -0.15) is 0 Å². The maximum absolute atomic E-state index is 12.3. The molecule has 0 fully saturated rings. The van der Waals surface area contributed by atoms with Crippen LogP contribution in [0, 0.1) is 0 Å². The fourth-order valence-corrected chi connectivity index (χ4v) is 5.43. The molecule has 0 amide bonds. The first-order chi connectivity index (χ1) is 23.8. The highest BCUT2D eigenvalue weighted by Gasteiger charge is 2.27. The molecule has 3 unspecified atom stereocenters. The molecular formula is C38H67O10P. The van der Waals surface area contributed by atoms with E-state index in [4.69, 9.17) is 18.5 Å². The van der Waals surface area contributed by atoms with Gasteiger partial charge < -0.3 is 24.6 Å². The number of unbranched alkanes of at least 4 members (excludes halogenated alkanes) is 12. The molecule has 0 spiro atoms. The Hall–Kier alpha value is -2.07. The quantitative estimate of drug-likeness (QED) is 0.0255. The molecule has 3 N–H and O–H groups in total. The summed E-state index contributed by atoms with van der Waals surface area (Å²) in [5.74, 6) is -1.06. The Kier molecular flexibility index (Phi) is 32.9. The Bertz CT molecular complexity index is 962. The minimum absolute atomic E-state index is 0.155. The number of rotatable bonds is 34. The van der Waals surface area contributed by atoms with Crippen molar-refractivity contribution in [2.75, 3.05) is 26.4 Å². The van der Waals surface area contributed by atoms with Gasteiger partial charge in [-0.05, 0) is 70.6 Å². The molecule has 0 aromatic heterocycles. The van der Waals surface area contributed by atoms with Crippen molar-refractivity contribution >= 4 is 19.8 Å². The van der Waals surface area contributed by atoms with Gasteiger partial charge in [0.2, 0.25) is 0 Å². The van der Waals surface area contributed by atoms with Gasteiger partial charge in [-0.3, -0.25) is 18.6 Å². The lowest BCUT2D eigenvalue weighted by Gasteiger charge is -2.20. The number of esters is 2. The summed E-state index contributed by atoms with van der Waals surface area (Å²) in [7, 11) is -4.64. The topological polar surface area (TPSA) is 149 Å². The molecule has 11 heteroatoms. The summed E-state index contributed by atoms with van der Waals surface area (Å²) in [6, 6.07) is 0. The molecule has 0 bridgehead atoms. The van der Waals surface area contributed by atoms with Crippen LogP contribution in [0.2, 0.25) is 0 Å². The predicted octanol–water partition coefficient (Wildman–Crippen LogP) is 8.99. The van der Waals surface area contributed by atoms with E-state index in [-0.39, 0.29) is 12.8 Å². The van der Waals surface area contributed by atoms with Gasteiger partial charge in [0.25, 0.3) is 0 Å². The van der Waals surface area contributed by atoms with Crippen LogP contribution in [0.25, 0.3) is 0 Å². The zero-order valence-electron chi connectivity index (χ0n) is 30.4. The molecule has 0 aliphatic rings. The number of allylic oxidation sites excluding steroid dienone is 8. The van der Waals surface area contributed by atoms with Gasteiger partial charge in [-0.1, -0.05) is 107 Å². The average molecular weight is 715 g/mol. The van der Waals surface area contributed by atoms with Crippen LogP contribution in [-0.2, 0) is 32.7 Å². The Morgan fingerprint density at radius 3 is 1.43 bits per heavy atom. The highest BCUT2D eigenvalue weighted by Crippen LogP contribution is 2.43. The number of aliphatic hydroxyl groups excluding tert-OH is 2. The Morgan fingerprint density at radius 2 is 0.959 bits per heavy atom. The van der Waals surface area contributed by atoms with Crippen LogP contribution in [0.5, 0.6) is 0 Å². The van der Waals surface area contributed by atoms with Gasteiger partial charge >= 0.3 is 19.8 Å². The molecule has 0 aliphatic carbocycles. The van der Waals surface area contributed by atoms with Gasteiger partial charge in [-0.15, -0.1) is 0 Å². The van der Waals surface area contributed by atoms with E-state index in [1.807, 2.05) is 0 Å². The lowest BCUT2D eigenvalue weighted by atomic mass is 10.1. The predicted molar refractivity (Wildman–Crippen MR) is 196 cm³/mol. The van der Waals surface area contributed by atoms with E-state index in [1.165, 1.54) is 25.7 Å². The molecule has 10 nitrogen and oxygen atoms in total. The maximum Gasteiger partial charge on any atom is 0.472 e. The third-order valence-electron chi connectivity index (χ3n) is 7.53. The summed E-state index contributed by atoms with van der Waals surface area (Å²) in [5, 5.41) is 19.1. The van der Waals surface area contributed by atoms with Crippen molar-refractivity contribution in [3.05, 3.63) is 48.6 Å². The Balaban J connectivity index is 4.06. The molecule has 0 saturated heterocycles. The number of aliphatic hydroxyl groups is 2. The average Bonchev–Trinajstić information content (AvgIpc) is 3.09. The van der Waals surface area contributed by atoms with Gasteiger partial charge in [-0.25, -0.2) is 4.57 Å². The third kappa shape index (κ3) is 32.9. The fourth-order valence-electron chi connectivity index (χ4n) is 4.65. The molecule has 3 atom stereocenters. The Morgan fingerprint density at radius 1 is 0.571 bits per heavy atom. The summed E-state index contributed by atoms with van der Waals surface area (Å²) >= 11 is 0. The second-order valence-electron chi connectivity index (χ2n) is 12.2. The summed E-state index contributed by atoms with van der Waals surface area (Å²) in [6.07, 6.45) is 33.8. The lowest BCUT2D eigenvalue weighted by molar-refractivity contribution is -0.153. The minimum atomic E-state index is -4.64. The molecule has 0 aromatic carbocycles. The van der Waals surface area contributed by atoms with E-state index < -0.39 is 58.4 Å². The van der Waals surface area contributed by atoms with Crippen molar-refractivity contribution in [3.8, 4) is 0 Å². The van der Waals surface area contributed by atoms with Gasteiger partial charge in [0, 0.05) is 12.8 Å². The second-order valence-corrected chi connectivity index (χ2v) is 13.6. The molecule has 0 radical (unpaired) electrons. The normalized spacial score (nSPS) is 14.6. The number of carbonyl (C=O) groups is 2. The number of carbonyl (C=O) groups excluding carboxylic acids is 2.